The molecule has 29 heavy (non-hydrogen) atoms. The highest BCUT2D eigenvalue weighted by molar-refractivity contribution is 6.05. The predicted octanol–water partition coefficient (Wildman–Crippen LogP) is 4.45. The highest BCUT2D eigenvalue weighted by Gasteiger charge is 2.36. The number of fused-ring (bicyclic) bond motifs is 2. The van der Waals surface area contributed by atoms with E-state index >= 15 is 0 Å². The third-order valence-electron chi connectivity index (χ3n) is 5.69. The summed E-state index contributed by atoms with van der Waals surface area (Å²) in [7, 11) is 0. The van der Waals surface area contributed by atoms with E-state index in [0.717, 1.165) is 32.9 Å². The van der Waals surface area contributed by atoms with Gasteiger partial charge in [0.15, 0.2) is 0 Å². The summed E-state index contributed by atoms with van der Waals surface area (Å²) >= 11 is 0. The van der Waals surface area contributed by atoms with Crippen LogP contribution in [0.5, 0.6) is 0 Å². The smallest absolute Gasteiger partial charge is 0.247 e. The second-order valence-electron chi connectivity index (χ2n) is 7.45. The number of nitrogens with one attached hydrogen (secondary N) is 2. The molecule has 1 atom stereocenters. The lowest BCUT2D eigenvalue weighted by Crippen LogP contribution is -2.41. The van der Waals surface area contributed by atoms with Crippen molar-refractivity contribution in [2.45, 2.75) is 25.4 Å². The van der Waals surface area contributed by atoms with Gasteiger partial charge >= 0.3 is 0 Å². The van der Waals surface area contributed by atoms with Gasteiger partial charge in [0, 0.05) is 41.1 Å². The van der Waals surface area contributed by atoms with Crippen molar-refractivity contribution in [2.75, 3.05) is 5.32 Å². The van der Waals surface area contributed by atoms with E-state index in [2.05, 4.69) is 10.3 Å². The lowest BCUT2D eigenvalue weighted by molar-refractivity contribution is -0.133. The van der Waals surface area contributed by atoms with Crippen LogP contribution in [0.4, 0.5) is 5.69 Å². The zero-order valence-electron chi connectivity index (χ0n) is 15.9. The number of anilines is 1. The van der Waals surface area contributed by atoms with Crippen molar-refractivity contribution in [3.8, 4) is 0 Å². The minimum Gasteiger partial charge on any atom is -0.361 e. The van der Waals surface area contributed by atoms with Crippen LogP contribution in [0.15, 0.2) is 72.9 Å². The van der Waals surface area contributed by atoms with Crippen LogP contribution in [0, 0.1) is 0 Å². The molecule has 5 nitrogen and oxygen atoms in total. The Balaban J connectivity index is 1.40. The Morgan fingerprint density at radius 1 is 1.00 bits per heavy atom. The molecule has 1 aliphatic heterocycles. The van der Waals surface area contributed by atoms with Crippen LogP contribution in [0.1, 0.15) is 18.4 Å². The van der Waals surface area contributed by atoms with E-state index in [1.807, 2.05) is 72.9 Å². The summed E-state index contributed by atoms with van der Waals surface area (Å²) in [5.74, 6) is -0.111. The van der Waals surface area contributed by atoms with Gasteiger partial charge in [-0.05, 0) is 29.5 Å². The first kappa shape index (κ1) is 17.5. The van der Waals surface area contributed by atoms with Crippen molar-refractivity contribution in [1.82, 2.24) is 9.88 Å². The lowest BCUT2D eigenvalue weighted by Gasteiger charge is -2.24. The van der Waals surface area contributed by atoms with Crippen LogP contribution >= 0.6 is 0 Å². The maximum absolute atomic E-state index is 13.1. The summed E-state index contributed by atoms with van der Waals surface area (Å²) in [6.07, 6.45) is 2.86. The molecule has 0 saturated carbocycles. The van der Waals surface area contributed by atoms with Crippen molar-refractivity contribution < 1.29 is 9.59 Å². The van der Waals surface area contributed by atoms with E-state index in [4.69, 9.17) is 0 Å². The zero-order valence-corrected chi connectivity index (χ0v) is 15.9. The van der Waals surface area contributed by atoms with Gasteiger partial charge in [-0.2, -0.15) is 0 Å². The van der Waals surface area contributed by atoms with E-state index < -0.39 is 6.04 Å². The average molecular weight is 383 g/mol. The molecule has 5 heteroatoms. The van der Waals surface area contributed by atoms with Gasteiger partial charge in [-0.3, -0.25) is 9.59 Å². The normalized spacial score (nSPS) is 16.6. The maximum atomic E-state index is 13.1. The number of hydrogen-bond donors (Lipinski definition) is 2. The van der Waals surface area contributed by atoms with Gasteiger partial charge in [-0.15, -0.1) is 0 Å². The Bertz CT molecular complexity index is 1220. The van der Waals surface area contributed by atoms with Gasteiger partial charge in [0.1, 0.15) is 6.04 Å². The summed E-state index contributed by atoms with van der Waals surface area (Å²) in [4.78, 5) is 30.6. The van der Waals surface area contributed by atoms with E-state index in [-0.39, 0.29) is 11.8 Å². The lowest BCUT2D eigenvalue weighted by atomic mass is 10.1. The van der Waals surface area contributed by atoms with E-state index in [1.54, 1.807) is 4.90 Å². The fourth-order valence-corrected chi connectivity index (χ4v) is 4.20. The Labute approximate surface area is 168 Å². The quantitative estimate of drug-likeness (QED) is 0.547. The molecule has 2 amide bonds. The molecule has 0 bridgehead atoms. The third-order valence-corrected chi connectivity index (χ3v) is 5.69. The molecule has 144 valence electrons. The molecule has 4 aromatic rings. The van der Waals surface area contributed by atoms with Crippen LogP contribution in [0.3, 0.4) is 0 Å². The molecule has 0 radical (unpaired) electrons. The monoisotopic (exact) mass is 383 g/mol. The fourth-order valence-electron chi connectivity index (χ4n) is 4.20. The van der Waals surface area contributed by atoms with Crippen molar-refractivity contribution in [3.05, 3.63) is 78.5 Å². The molecule has 0 spiro atoms. The van der Waals surface area contributed by atoms with Gasteiger partial charge in [-0.1, -0.05) is 54.6 Å². The number of H-pyrrole nitrogens is 1. The minimum atomic E-state index is -0.463. The molecular weight excluding hydrogens is 362 g/mol. The van der Waals surface area contributed by atoms with Gasteiger partial charge < -0.3 is 15.2 Å². The second-order valence-corrected chi connectivity index (χ2v) is 7.45. The minimum absolute atomic E-state index is 0.0216. The molecule has 2 N–H and O–H groups in total. The summed E-state index contributed by atoms with van der Waals surface area (Å²) in [5.41, 5.74) is 2.84. The number of carbonyl (C=O) groups is 2. The number of para-hydroxylation sites is 1. The Morgan fingerprint density at radius 3 is 2.66 bits per heavy atom. The number of aromatic nitrogens is 1. The standard InChI is InChI=1S/C24H21N3O2/c28-23-13-12-22(27(23)15-17-14-25-20-10-4-3-9-19(17)20)24(29)26-21-11-5-7-16-6-1-2-8-18(16)21/h1-11,14,22,25H,12-13,15H2,(H,26,29). The van der Waals surface area contributed by atoms with Gasteiger partial charge in [0.05, 0.1) is 0 Å². The summed E-state index contributed by atoms with van der Waals surface area (Å²) in [5, 5.41) is 6.21. The maximum Gasteiger partial charge on any atom is 0.247 e. The first-order chi connectivity index (χ1) is 14.2. The van der Waals surface area contributed by atoms with Crippen LogP contribution in [-0.2, 0) is 16.1 Å². The van der Waals surface area contributed by atoms with Crippen LogP contribution in [-0.4, -0.2) is 27.7 Å². The molecule has 3 aromatic carbocycles. The number of amides is 2. The van der Waals surface area contributed by atoms with Gasteiger partial charge in [0.2, 0.25) is 11.8 Å². The Morgan fingerprint density at radius 2 is 1.76 bits per heavy atom. The molecular formula is C24H21N3O2. The predicted molar refractivity (Wildman–Crippen MR) is 114 cm³/mol. The van der Waals surface area contributed by atoms with Crippen LogP contribution in [0.2, 0.25) is 0 Å². The summed E-state index contributed by atoms with van der Waals surface area (Å²) in [6, 6.07) is 21.3. The zero-order chi connectivity index (χ0) is 19.8. The number of aromatic amines is 1. The van der Waals surface area contributed by atoms with E-state index in [0.29, 0.717) is 19.4 Å². The third kappa shape index (κ3) is 3.14. The molecule has 1 fully saturated rings. The molecule has 1 aliphatic rings. The summed E-state index contributed by atoms with van der Waals surface area (Å²) in [6.45, 7) is 0.427. The van der Waals surface area contributed by atoms with Crippen molar-refractivity contribution in [3.63, 3.8) is 0 Å². The highest BCUT2D eigenvalue weighted by Crippen LogP contribution is 2.28. The number of hydrogen-bond acceptors (Lipinski definition) is 2. The highest BCUT2D eigenvalue weighted by atomic mass is 16.2. The molecule has 1 unspecified atom stereocenters. The molecule has 2 heterocycles. The Kier molecular flexibility index (Phi) is 4.28. The van der Waals surface area contributed by atoms with Crippen LogP contribution in [0.25, 0.3) is 21.7 Å². The van der Waals surface area contributed by atoms with Gasteiger partial charge in [0.25, 0.3) is 0 Å². The van der Waals surface area contributed by atoms with Crippen molar-refractivity contribution >= 4 is 39.2 Å². The number of carbonyl (C=O) groups excluding carboxylic acids is 2. The van der Waals surface area contributed by atoms with E-state index in [1.165, 1.54) is 0 Å². The Hall–Kier alpha value is -3.60. The first-order valence-corrected chi connectivity index (χ1v) is 9.84. The number of likely N-dealkylation sites (tertiary alicyclic amines) is 1. The molecule has 1 aromatic heterocycles. The number of benzene rings is 3. The average Bonchev–Trinajstić information content (AvgIpc) is 3.33. The molecule has 0 aliphatic carbocycles. The fraction of sp³-hybridized carbons (Fsp3) is 0.167. The van der Waals surface area contributed by atoms with Crippen molar-refractivity contribution in [2.24, 2.45) is 0 Å². The topological polar surface area (TPSA) is 65.2 Å². The first-order valence-electron chi connectivity index (χ1n) is 9.84. The largest absolute Gasteiger partial charge is 0.361 e. The van der Waals surface area contributed by atoms with Gasteiger partial charge in [-0.25, -0.2) is 0 Å². The number of rotatable bonds is 4. The second kappa shape index (κ2) is 7.09. The molecule has 1 saturated heterocycles. The SMILES string of the molecule is O=C(Nc1cccc2ccccc12)C1CCC(=O)N1Cc1c[nH]c2ccccc12. The molecule has 5 rings (SSSR count). The summed E-state index contributed by atoms with van der Waals surface area (Å²) < 4.78 is 0. The van der Waals surface area contributed by atoms with Crippen LogP contribution < -0.4 is 5.32 Å². The van der Waals surface area contributed by atoms with Crippen molar-refractivity contribution in [1.29, 1.82) is 0 Å². The number of nitrogens with zero attached hydrogens (tertiary/aromatic N) is 1. The van der Waals surface area contributed by atoms with E-state index in [9.17, 15) is 9.59 Å².